The summed E-state index contributed by atoms with van der Waals surface area (Å²) in [5.41, 5.74) is 4.55. The molecule has 0 saturated heterocycles. The minimum absolute atomic E-state index is 0.332. The fourth-order valence-corrected chi connectivity index (χ4v) is 1.15. The van der Waals surface area contributed by atoms with Gasteiger partial charge in [0.1, 0.15) is 5.54 Å². The van der Waals surface area contributed by atoms with Crippen molar-refractivity contribution in [3.05, 3.63) is 0 Å². The summed E-state index contributed by atoms with van der Waals surface area (Å²) in [5, 5.41) is 3.17. The fourth-order valence-electron chi connectivity index (χ4n) is 1.15. The monoisotopic (exact) mass is 172 g/mol. The number of carbonyl (C=O) groups is 1. The topological polar surface area (TPSA) is 64.3 Å². The Labute approximate surface area is 72.5 Å². The molecule has 1 aliphatic carbocycles. The van der Waals surface area contributed by atoms with Gasteiger partial charge in [0.25, 0.3) is 0 Å². The first-order chi connectivity index (χ1) is 5.58. The van der Waals surface area contributed by atoms with Gasteiger partial charge in [-0.1, -0.05) is 0 Å². The molecule has 1 fully saturated rings. The van der Waals surface area contributed by atoms with Crippen LogP contribution in [0.15, 0.2) is 0 Å². The average Bonchev–Trinajstić information content (AvgIpc) is 2.71. The van der Waals surface area contributed by atoms with Crippen molar-refractivity contribution in [2.24, 2.45) is 5.73 Å². The van der Waals surface area contributed by atoms with Gasteiger partial charge in [-0.2, -0.15) is 0 Å². The molecule has 12 heavy (non-hydrogen) atoms. The summed E-state index contributed by atoms with van der Waals surface area (Å²) < 4.78 is 4.93. The van der Waals surface area contributed by atoms with E-state index in [0.717, 1.165) is 12.8 Å². The van der Waals surface area contributed by atoms with E-state index < -0.39 is 5.54 Å². The zero-order chi connectivity index (χ0) is 9.19. The molecule has 1 saturated carbocycles. The normalized spacial score (nSPS) is 21.8. The summed E-state index contributed by atoms with van der Waals surface area (Å²) in [7, 11) is 1.57. The zero-order valence-corrected chi connectivity index (χ0v) is 7.59. The highest BCUT2D eigenvalue weighted by Gasteiger charge is 2.36. The molecule has 0 bridgehead atoms. The first-order valence-corrected chi connectivity index (χ1v) is 4.15. The molecule has 0 aromatic carbocycles. The van der Waals surface area contributed by atoms with E-state index >= 15 is 0 Å². The van der Waals surface area contributed by atoms with Crippen molar-refractivity contribution in [3.63, 3.8) is 0 Å². The minimum Gasteiger partial charge on any atom is -0.382 e. The summed E-state index contributed by atoms with van der Waals surface area (Å²) >= 11 is 0. The van der Waals surface area contributed by atoms with Crippen LogP contribution in [0, 0.1) is 0 Å². The Morgan fingerprint density at radius 3 is 2.67 bits per heavy atom. The Morgan fingerprint density at radius 1 is 1.75 bits per heavy atom. The third-order valence-corrected chi connectivity index (χ3v) is 2.08. The highest BCUT2D eigenvalue weighted by Crippen LogP contribution is 2.22. The maximum Gasteiger partial charge on any atom is 0.239 e. The molecule has 0 radical (unpaired) electrons. The second-order valence-electron chi connectivity index (χ2n) is 3.55. The van der Waals surface area contributed by atoms with Crippen LogP contribution in [0.5, 0.6) is 0 Å². The Balaban J connectivity index is 2.49. The maximum absolute atomic E-state index is 11.1. The number of nitrogens with one attached hydrogen (secondary N) is 1. The van der Waals surface area contributed by atoms with Gasteiger partial charge in [-0.25, -0.2) is 0 Å². The quantitative estimate of drug-likeness (QED) is 0.594. The van der Waals surface area contributed by atoms with Crippen LogP contribution in [0.3, 0.4) is 0 Å². The molecule has 0 aromatic heterocycles. The smallest absolute Gasteiger partial charge is 0.239 e. The fraction of sp³-hybridized carbons (Fsp3) is 0.875. The highest BCUT2D eigenvalue weighted by atomic mass is 16.5. The number of hydrogen-bond donors (Lipinski definition) is 2. The van der Waals surface area contributed by atoms with Gasteiger partial charge in [0.05, 0.1) is 6.61 Å². The van der Waals surface area contributed by atoms with Gasteiger partial charge >= 0.3 is 0 Å². The Kier molecular flexibility index (Phi) is 2.69. The largest absolute Gasteiger partial charge is 0.382 e. The lowest BCUT2D eigenvalue weighted by Gasteiger charge is -2.26. The lowest BCUT2D eigenvalue weighted by atomic mass is 10.0. The zero-order valence-electron chi connectivity index (χ0n) is 7.59. The molecular weight excluding hydrogens is 156 g/mol. The van der Waals surface area contributed by atoms with E-state index in [1.54, 1.807) is 14.0 Å². The van der Waals surface area contributed by atoms with Crippen LogP contribution in [0.25, 0.3) is 0 Å². The molecule has 0 spiro atoms. The number of carbonyl (C=O) groups excluding carboxylic acids is 1. The van der Waals surface area contributed by atoms with Crippen LogP contribution >= 0.6 is 0 Å². The van der Waals surface area contributed by atoms with Gasteiger partial charge in [-0.3, -0.25) is 10.1 Å². The molecule has 4 nitrogen and oxygen atoms in total. The van der Waals surface area contributed by atoms with E-state index in [-0.39, 0.29) is 5.91 Å². The van der Waals surface area contributed by atoms with Crippen molar-refractivity contribution in [3.8, 4) is 0 Å². The Morgan fingerprint density at radius 2 is 2.33 bits per heavy atom. The third-order valence-electron chi connectivity index (χ3n) is 2.08. The van der Waals surface area contributed by atoms with Crippen LogP contribution in [-0.4, -0.2) is 31.2 Å². The maximum atomic E-state index is 11.1. The van der Waals surface area contributed by atoms with Crippen molar-refractivity contribution in [2.45, 2.75) is 31.3 Å². The summed E-state index contributed by atoms with van der Waals surface area (Å²) in [5.74, 6) is -0.351. The van der Waals surface area contributed by atoms with Crippen molar-refractivity contribution in [1.82, 2.24) is 5.32 Å². The van der Waals surface area contributed by atoms with Crippen LogP contribution in [0.2, 0.25) is 0 Å². The summed E-state index contributed by atoms with van der Waals surface area (Å²) in [6, 6.07) is 0.456. The summed E-state index contributed by atoms with van der Waals surface area (Å²) in [4.78, 5) is 11.1. The number of primary amides is 1. The molecule has 1 unspecified atom stereocenters. The second kappa shape index (κ2) is 3.41. The van der Waals surface area contributed by atoms with Gasteiger partial charge in [-0.15, -0.1) is 0 Å². The van der Waals surface area contributed by atoms with E-state index in [0.29, 0.717) is 12.6 Å². The number of hydrogen-bond acceptors (Lipinski definition) is 3. The van der Waals surface area contributed by atoms with Gasteiger partial charge in [0.15, 0.2) is 0 Å². The van der Waals surface area contributed by atoms with Crippen molar-refractivity contribution >= 4 is 5.91 Å². The van der Waals surface area contributed by atoms with Crippen molar-refractivity contribution < 1.29 is 9.53 Å². The highest BCUT2D eigenvalue weighted by molar-refractivity contribution is 5.84. The summed E-state index contributed by atoms with van der Waals surface area (Å²) in [6.45, 7) is 2.11. The first kappa shape index (κ1) is 9.48. The van der Waals surface area contributed by atoms with E-state index in [9.17, 15) is 4.79 Å². The molecule has 1 rings (SSSR count). The standard InChI is InChI=1S/C8H16N2O2/c1-8(5-12-2,7(9)11)10-6-3-4-6/h6,10H,3-5H2,1-2H3,(H2,9,11). The first-order valence-electron chi connectivity index (χ1n) is 4.15. The van der Waals surface area contributed by atoms with Gasteiger partial charge in [0, 0.05) is 13.2 Å². The molecular formula is C8H16N2O2. The van der Waals surface area contributed by atoms with Crippen molar-refractivity contribution in [2.75, 3.05) is 13.7 Å². The number of methoxy groups -OCH3 is 1. The number of rotatable bonds is 5. The molecule has 0 aromatic rings. The van der Waals surface area contributed by atoms with E-state index in [4.69, 9.17) is 10.5 Å². The third kappa shape index (κ3) is 2.19. The van der Waals surface area contributed by atoms with E-state index in [1.165, 1.54) is 0 Å². The predicted octanol–water partition coefficient (Wildman–Crippen LogP) is -0.371. The van der Waals surface area contributed by atoms with Crippen LogP contribution in [0.1, 0.15) is 19.8 Å². The van der Waals surface area contributed by atoms with Gasteiger partial charge in [0.2, 0.25) is 5.91 Å². The predicted molar refractivity (Wildman–Crippen MR) is 45.6 cm³/mol. The van der Waals surface area contributed by atoms with Gasteiger partial charge in [-0.05, 0) is 19.8 Å². The average molecular weight is 172 g/mol. The van der Waals surface area contributed by atoms with Crippen LogP contribution in [-0.2, 0) is 9.53 Å². The molecule has 70 valence electrons. The number of ether oxygens (including phenoxy) is 1. The second-order valence-corrected chi connectivity index (χ2v) is 3.55. The molecule has 1 atom stereocenters. The Bertz CT molecular complexity index is 180. The van der Waals surface area contributed by atoms with E-state index in [2.05, 4.69) is 5.32 Å². The van der Waals surface area contributed by atoms with Crippen LogP contribution < -0.4 is 11.1 Å². The lowest BCUT2D eigenvalue weighted by molar-refractivity contribution is -0.125. The van der Waals surface area contributed by atoms with E-state index in [1.807, 2.05) is 0 Å². The Hall–Kier alpha value is -0.610. The van der Waals surface area contributed by atoms with Crippen LogP contribution in [0.4, 0.5) is 0 Å². The molecule has 1 aliphatic rings. The molecule has 0 heterocycles. The molecule has 3 N–H and O–H groups in total. The van der Waals surface area contributed by atoms with Crippen molar-refractivity contribution in [1.29, 1.82) is 0 Å². The number of amides is 1. The SMILES string of the molecule is COCC(C)(NC1CC1)C(N)=O. The molecule has 1 amide bonds. The molecule has 4 heteroatoms. The van der Waals surface area contributed by atoms with Gasteiger partial charge < -0.3 is 10.5 Å². The lowest BCUT2D eigenvalue weighted by Crippen LogP contribution is -2.57. The summed E-state index contributed by atoms with van der Waals surface area (Å²) in [6.07, 6.45) is 2.26. The molecule has 0 aliphatic heterocycles. The number of nitrogens with two attached hydrogens (primary N) is 1. The minimum atomic E-state index is -0.698.